The summed E-state index contributed by atoms with van der Waals surface area (Å²) in [6.07, 6.45) is -4.40. The highest BCUT2D eigenvalue weighted by molar-refractivity contribution is 6.31. The molecule has 1 amide bonds. The van der Waals surface area contributed by atoms with Crippen LogP contribution in [0, 0.1) is 0 Å². The van der Waals surface area contributed by atoms with Crippen molar-refractivity contribution in [2.24, 2.45) is 0 Å². The topological polar surface area (TPSA) is 145 Å². The number of methoxy groups -OCH3 is 1. The smallest absolute Gasteiger partial charge is 0.349 e. The maximum atomic E-state index is 13.2. The summed E-state index contributed by atoms with van der Waals surface area (Å²) in [7, 11) is 1.17. The lowest BCUT2D eigenvalue weighted by Gasteiger charge is -2.23. The molecule has 2 atom stereocenters. The minimum absolute atomic E-state index is 0.0481. The van der Waals surface area contributed by atoms with Gasteiger partial charge >= 0.3 is 23.9 Å². The van der Waals surface area contributed by atoms with Crippen LogP contribution >= 0.6 is 23.2 Å². The van der Waals surface area contributed by atoms with Gasteiger partial charge in [-0.05, 0) is 66.7 Å². The summed E-state index contributed by atoms with van der Waals surface area (Å²) in [5.74, 6) is -5.79. The number of amides is 1. The van der Waals surface area contributed by atoms with Gasteiger partial charge in [-0.1, -0.05) is 29.3 Å². The summed E-state index contributed by atoms with van der Waals surface area (Å²) < 4.78 is 14.9. The monoisotopic (exact) mass is 559 g/mol. The van der Waals surface area contributed by atoms with E-state index in [1.807, 2.05) is 0 Å². The number of ether oxygens (including phenoxy) is 3. The molecule has 2 N–H and O–H groups in total. The van der Waals surface area contributed by atoms with E-state index in [1.165, 1.54) is 79.9 Å². The van der Waals surface area contributed by atoms with Crippen molar-refractivity contribution in [2.45, 2.75) is 12.2 Å². The van der Waals surface area contributed by atoms with Crippen LogP contribution in [0.5, 0.6) is 0 Å². The molecule has 0 unspecified atom stereocenters. The van der Waals surface area contributed by atoms with Crippen molar-refractivity contribution in [3.63, 3.8) is 0 Å². The standard InChI is InChI=1S/C26H19Cl2NO9/c1-36-24(33)16-3-2-4-19(13-16)29-22(30)20(37-25(34)14-5-9-17(27)10-6-14)21(23(31)32)38-26(35)15-7-11-18(28)12-8-15/h2-13,20-21H,1H3,(H,29,30)(H,31,32)/t20-,21-/m0/s1. The van der Waals surface area contributed by atoms with Gasteiger partial charge in [-0.3, -0.25) is 4.79 Å². The molecule has 0 aromatic heterocycles. The lowest BCUT2D eigenvalue weighted by atomic mass is 10.1. The molecule has 0 fully saturated rings. The van der Waals surface area contributed by atoms with Crippen LogP contribution < -0.4 is 5.32 Å². The zero-order valence-corrected chi connectivity index (χ0v) is 21.1. The molecule has 10 nitrogen and oxygen atoms in total. The van der Waals surface area contributed by atoms with Crippen LogP contribution in [0.25, 0.3) is 0 Å². The Kier molecular flexibility index (Phi) is 9.42. The van der Waals surface area contributed by atoms with Crippen LogP contribution in [-0.4, -0.2) is 54.2 Å². The molecule has 0 aliphatic carbocycles. The van der Waals surface area contributed by atoms with Crippen molar-refractivity contribution in [3.05, 3.63) is 99.5 Å². The van der Waals surface area contributed by atoms with E-state index in [0.29, 0.717) is 10.0 Å². The number of benzene rings is 3. The van der Waals surface area contributed by atoms with Gasteiger partial charge in [0.25, 0.3) is 5.91 Å². The molecule has 0 spiro atoms. The lowest BCUT2D eigenvalue weighted by molar-refractivity contribution is -0.157. The van der Waals surface area contributed by atoms with Gasteiger partial charge in [0.1, 0.15) is 0 Å². The van der Waals surface area contributed by atoms with Crippen molar-refractivity contribution in [3.8, 4) is 0 Å². The number of aliphatic carboxylic acids is 1. The molecule has 0 radical (unpaired) electrons. The van der Waals surface area contributed by atoms with E-state index in [1.54, 1.807) is 0 Å². The summed E-state index contributed by atoms with van der Waals surface area (Å²) in [6, 6.07) is 16.2. The second-order valence-corrected chi connectivity index (χ2v) is 8.44. The fraction of sp³-hybridized carbons (Fsp3) is 0.115. The van der Waals surface area contributed by atoms with E-state index in [4.69, 9.17) is 32.7 Å². The number of nitrogens with one attached hydrogen (secondary N) is 1. The van der Waals surface area contributed by atoms with E-state index in [-0.39, 0.29) is 22.4 Å². The average Bonchev–Trinajstić information content (AvgIpc) is 2.90. The number of carboxylic acid groups (broad SMARTS) is 1. The number of carbonyl (C=O) groups is 5. The van der Waals surface area contributed by atoms with Gasteiger partial charge in [0, 0.05) is 15.7 Å². The molecule has 12 heteroatoms. The first kappa shape index (κ1) is 28.2. The van der Waals surface area contributed by atoms with E-state index >= 15 is 0 Å². The van der Waals surface area contributed by atoms with Crippen molar-refractivity contribution >= 4 is 58.7 Å². The number of rotatable bonds is 9. The molecular weight excluding hydrogens is 541 g/mol. The van der Waals surface area contributed by atoms with Gasteiger partial charge in [0.15, 0.2) is 0 Å². The Morgan fingerprint density at radius 2 is 1.21 bits per heavy atom. The van der Waals surface area contributed by atoms with Crippen LogP contribution in [0.2, 0.25) is 10.0 Å². The first-order valence-electron chi connectivity index (χ1n) is 10.7. The van der Waals surface area contributed by atoms with Gasteiger partial charge in [-0.15, -0.1) is 0 Å². The normalized spacial score (nSPS) is 12.0. The third-order valence-electron chi connectivity index (χ3n) is 4.96. The van der Waals surface area contributed by atoms with E-state index in [9.17, 15) is 29.1 Å². The fourth-order valence-electron chi connectivity index (χ4n) is 3.09. The maximum absolute atomic E-state index is 13.2. The number of carboxylic acids is 1. The zero-order valence-electron chi connectivity index (χ0n) is 19.6. The van der Waals surface area contributed by atoms with Crippen LogP contribution in [0.3, 0.4) is 0 Å². The van der Waals surface area contributed by atoms with Gasteiger partial charge in [-0.25, -0.2) is 19.2 Å². The van der Waals surface area contributed by atoms with E-state index in [2.05, 4.69) is 10.1 Å². The molecule has 3 aromatic carbocycles. The van der Waals surface area contributed by atoms with Crippen LogP contribution in [0.4, 0.5) is 5.69 Å². The Balaban J connectivity index is 1.92. The first-order chi connectivity index (χ1) is 18.1. The van der Waals surface area contributed by atoms with Crippen molar-refractivity contribution < 1.29 is 43.3 Å². The Morgan fingerprint density at radius 3 is 1.68 bits per heavy atom. The minimum atomic E-state index is -2.25. The third-order valence-corrected chi connectivity index (χ3v) is 5.46. The summed E-state index contributed by atoms with van der Waals surface area (Å²) in [6.45, 7) is 0. The highest BCUT2D eigenvalue weighted by Gasteiger charge is 2.41. The molecule has 3 rings (SSSR count). The van der Waals surface area contributed by atoms with Crippen LogP contribution in [0.1, 0.15) is 31.1 Å². The molecule has 196 valence electrons. The number of anilines is 1. The van der Waals surface area contributed by atoms with Crippen LogP contribution in [-0.2, 0) is 23.8 Å². The van der Waals surface area contributed by atoms with Gasteiger partial charge in [0.05, 0.1) is 23.8 Å². The van der Waals surface area contributed by atoms with Crippen molar-refractivity contribution in [1.82, 2.24) is 0 Å². The van der Waals surface area contributed by atoms with Crippen molar-refractivity contribution in [2.75, 3.05) is 12.4 Å². The van der Waals surface area contributed by atoms with Gasteiger partial charge in [0.2, 0.25) is 12.2 Å². The van der Waals surface area contributed by atoms with Crippen molar-refractivity contribution in [1.29, 1.82) is 0 Å². The van der Waals surface area contributed by atoms with E-state index in [0.717, 1.165) is 0 Å². The third kappa shape index (κ3) is 7.31. The number of hydrogen-bond donors (Lipinski definition) is 2. The van der Waals surface area contributed by atoms with Gasteiger partial charge < -0.3 is 24.6 Å². The molecule has 38 heavy (non-hydrogen) atoms. The molecule has 0 heterocycles. The number of esters is 3. The highest BCUT2D eigenvalue weighted by atomic mass is 35.5. The molecule has 3 aromatic rings. The highest BCUT2D eigenvalue weighted by Crippen LogP contribution is 2.19. The zero-order chi connectivity index (χ0) is 27.8. The molecule has 0 aliphatic heterocycles. The largest absolute Gasteiger partial charge is 0.478 e. The number of halogens is 2. The van der Waals surface area contributed by atoms with Crippen LogP contribution in [0.15, 0.2) is 72.8 Å². The average molecular weight is 560 g/mol. The first-order valence-corrected chi connectivity index (χ1v) is 11.5. The number of carbonyl (C=O) groups excluding carboxylic acids is 4. The second-order valence-electron chi connectivity index (χ2n) is 7.57. The summed E-state index contributed by atoms with van der Waals surface area (Å²) in [4.78, 5) is 62.5. The maximum Gasteiger partial charge on any atom is 0.349 e. The summed E-state index contributed by atoms with van der Waals surface area (Å²) in [5, 5.41) is 12.8. The Bertz CT molecular complexity index is 1360. The summed E-state index contributed by atoms with van der Waals surface area (Å²) >= 11 is 11.6. The Labute approximate surface area is 226 Å². The Hall–Kier alpha value is -4.41. The lowest BCUT2D eigenvalue weighted by Crippen LogP contribution is -2.48. The predicted octanol–water partition coefficient (Wildman–Crippen LogP) is 4.25. The molecule has 0 saturated heterocycles. The van der Waals surface area contributed by atoms with Gasteiger partial charge in [-0.2, -0.15) is 0 Å². The molecule has 0 saturated carbocycles. The minimum Gasteiger partial charge on any atom is -0.478 e. The molecule has 0 bridgehead atoms. The Morgan fingerprint density at radius 1 is 0.711 bits per heavy atom. The predicted molar refractivity (Wildman–Crippen MR) is 135 cm³/mol. The fourth-order valence-corrected chi connectivity index (χ4v) is 3.34. The second kappa shape index (κ2) is 12.7. The molecule has 0 aliphatic rings. The SMILES string of the molecule is COC(=O)c1cccc(NC(=O)[C@@H](OC(=O)c2ccc(Cl)cc2)[C@H](OC(=O)c2ccc(Cl)cc2)C(=O)O)c1. The summed E-state index contributed by atoms with van der Waals surface area (Å²) in [5.41, 5.74) is 0.0326. The van der Waals surface area contributed by atoms with E-state index < -0.39 is 42.0 Å². The molecular formula is C26H19Cl2NO9. The number of hydrogen-bond acceptors (Lipinski definition) is 8. The quantitative estimate of drug-likeness (QED) is 0.290.